The van der Waals surface area contributed by atoms with Gasteiger partial charge < -0.3 is 10.2 Å². The van der Waals surface area contributed by atoms with Crippen LogP contribution in [0.15, 0.2) is 91.0 Å². The van der Waals surface area contributed by atoms with Gasteiger partial charge in [0.05, 0.1) is 0 Å². The number of fused-ring (bicyclic) bond motifs is 1. The first kappa shape index (κ1) is 29.2. The minimum atomic E-state index is -0.702. The number of rotatable bonds is 10. The van der Waals surface area contributed by atoms with E-state index in [9.17, 15) is 9.59 Å². The van der Waals surface area contributed by atoms with Crippen LogP contribution in [-0.4, -0.2) is 28.8 Å². The lowest BCUT2D eigenvalue weighted by Crippen LogP contribution is -2.53. The maximum absolute atomic E-state index is 14.2. The number of carbonyl (C=O) groups is 2. The van der Waals surface area contributed by atoms with Crippen molar-refractivity contribution in [2.24, 2.45) is 0 Å². The molecule has 41 heavy (non-hydrogen) atoms. The SMILES string of the molecule is O=C(NC1CCCCC1)[C@@H](Cc1ccccc1)N(Cc1c(Cl)cccc1Cl)C(=O)CCc1cccc2ccccc12. The smallest absolute Gasteiger partial charge is 0.243 e. The van der Waals surface area contributed by atoms with Crippen LogP contribution >= 0.6 is 23.2 Å². The summed E-state index contributed by atoms with van der Waals surface area (Å²) in [6, 6.07) is 29.0. The van der Waals surface area contributed by atoms with Crippen molar-refractivity contribution in [3.8, 4) is 0 Å². The van der Waals surface area contributed by atoms with Gasteiger partial charge in [-0.05, 0) is 53.3 Å². The van der Waals surface area contributed by atoms with Crippen molar-refractivity contribution in [3.63, 3.8) is 0 Å². The maximum atomic E-state index is 14.2. The Balaban J connectivity index is 1.47. The summed E-state index contributed by atoms with van der Waals surface area (Å²) in [4.78, 5) is 29.9. The Kier molecular flexibility index (Phi) is 9.97. The van der Waals surface area contributed by atoms with E-state index in [2.05, 4.69) is 29.6 Å². The van der Waals surface area contributed by atoms with Crippen molar-refractivity contribution >= 4 is 45.8 Å². The van der Waals surface area contributed by atoms with E-state index >= 15 is 0 Å². The molecule has 0 saturated heterocycles. The number of carbonyl (C=O) groups excluding carboxylic acids is 2. The van der Waals surface area contributed by atoms with Crippen molar-refractivity contribution in [1.82, 2.24) is 10.2 Å². The highest BCUT2D eigenvalue weighted by atomic mass is 35.5. The summed E-state index contributed by atoms with van der Waals surface area (Å²) in [6.07, 6.45) is 6.58. The number of nitrogens with one attached hydrogen (secondary N) is 1. The molecule has 6 heteroatoms. The van der Waals surface area contributed by atoms with Crippen LogP contribution in [0.5, 0.6) is 0 Å². The molecule has 1 saturated carbocycles. The molecule has 1 N–H and O–H groups in total. The van der Waals surface area contributed by atoms with E-state index in [1.54, 1.807) is 23.1 Å². The molecule has 0 radical (unpaired) electrons. The lowest BCUT2D eigenvalue weighted by atomic mass is 9.94. The third-order valence-corrected chi connectivity index (χ3v) is 8.81. The van der Waals surface area contributed by atoms with E-state index in [-0.39, 0.29) is 30.8 Å². The molecule has 5 rings (SSSR count). The number of aryl methyl sites for hydroxylation is 1. The first-order valence-corrected chi connectivity index (χ1v) is 15.3. The second-order valence-electron chi connectivity index (χ2n) is 10.9. The first-order chi connectivity index (χ1) is 20.0. The quantitative estimate of drug-likeness (QED) is 0.204. The Morgan fingerprint density at radius 1 is 0.805 bits per heavy atom. The molecule has 0 bridgehead atoms. The largest absolute Gasteiger partial charge is 0.352 e. The minimum Gasteiger partial charge on any atom is -0.352 e. The average Bonchev–Trinajstić information content (AvgIpc) is 3.00. The third-order valence-electron chi connectivity index (χ3n) is 8.10. The van der Waals surface area contributed by atoms with Crippen molar-refractivity contribution in [2.75, 3.05) is 0 Å². The molecule has 1 aliphatic carbocycles. The van der Waals surface area contributed by atoms with E-state index in [0.717, 1.165) is 47.6 Å². The van der Waals surface area contributed by atoms with Gasteiger partial charge in [0.15, 0.2) is 0 Å². The molecule has 4 aromatic carbocycles. The fourth-order valence-corrected chi connectivity index (χ4v) is 6.36. The minimum absolute atomic E-state index is 0.103. The van der Waals surface area contributed by atoms with Gasteiger partial charge >= 0.3 is 0 Å². The molecular weight excluding hydrogens is 551 g/mol. The number of hydrogen-bond donors (Lipinski definition) is 1. The summed E-state index contributed by atoms with van der Waals surface area (Å²) in [6.45, 7) is 0.155. The molecule has 1 aliphatic rings. The van der Waals surface area contributed by atoms with E-state index in [1.807, 2.05) is 48.5 Å². The lowest BCUT2D eigenvalue weighted by Gasteiger charge is -2.34. The number of nitrogens with zero attached hydrogens (tertiary/aromatic N) is 1. The van der Waals surface area contributed by atoms with Gasteiger partial charge in [0, 0.05) is 41.0 Å². The second kappa shape index (κ2) is 14.0. The van der Waals surface area contributed by atoms with Gasteiger partial charge in [-0.25, -0.2) is 0 Å². The van der Waals surface area contributed by atoms with E-state index in [4.69, 9.17) is 23.2 Å². The van der Waals surface area contributed by atoms with Gasteiger partial charge in [-0.1, -0.05) is 121 Å². The molecule has 4 nitrogen and oxygen atoms in total. The zero-order valence-corrected chi connectivity index (χ0v) is 24.7. The van der Waals surface area contributed by atoms with Crippen LogP contribution in [-0.2, 0) is 29.0 Å². The molecule has 1 fully saturated rings. The molecule has 1 atom stereocenters. The van der Waals surface area contributed by atoms with Crippen LogP contribution in [0.2, 0.25) is 10.0 Å². The first-order valence-electron chi connectivity index (χ1n) is 14.5. The van der Waals surface area contributed by atoms with E-state index in [1.165, 1.54) is 6.42 Å². The summed E-state index contributed by atoms with van der Waals surface area (Å²) >= 11 is 13.2. The highest BCUT2D eigenvalue weighted by Crippen LogP contribution is 2.28. The fourth-order valence-electron chi connectivity index (χ4n) is 5.85. The molecule has 2 amide bonds. The lowest BCUT2D eigenvalue weighted by molar-refractivity contribution is -0.141. The molecule has 0 spiro atoms. The van der Waals surface area contributed by atoms with Crippen molar-refractivity contribution in [1.29, 1.82) is 0 Å². The monoisotopic (exact) mass is 586 g/mol. The number of halogens is 2. The van der Waals surface area contributed by atoms with Gasteiger partial charge in [-0.15, -0.1) is 0 Å². The summed E-state index contributed by atoms with van der Waals surface area (Å²) < 4.78 is 0. The average molecular weight is 588 g/mol. The summed E-state index contributed by atoms with van der Waals surface area (Å²) in [5, 5.41) is 6.54. The predicted octanol–water partition coefficient (Wildman–Crippen LogP) is 8.17. The Bertz CT molecular complexity index is 1460. The standard InChI is InChI=1S/C35H36Cl2N2O2/c36-31-19-10-20-32(37)30(31)24-39(34(40)22-21-27-15-9-14-26-13-7-8-18-29(26)27)33(23-25-11-3-1-4-12-25)35(41)38-28-16-5-2-6-17-28/h1,3-4,7-15,18-20,28,33H,2,5-6,16-17,21-24H2,(H,38,41)/t33-/m1/s1. The van der Waals surface area contributed by atoms with Gasteiger partial charge in [-0.3, -0.25) is 9.59 Å². The molecule has 0 aliphatic heterocycles. The van der Waals surface area contributed by atoms with E-state index < -0.39 is 6.04 Å². The van der Waals surface area contributed by atoms with Crippen LogP contribution in [0.1, 0.15) is 55.2 Å². The molecule has 0 unspecified atom stereocenters. The van der Waals surface area contributed by atoms with Crippen LogP contribution in [0.4, 0.5) is 0 Å². The Labute approximate surface area is 252 Å². The Morgan fingerprint density at radius 2 is 1.46 bits per heavy atom. The van der Waals surface area contributed by atoms with Crippen molar-refractivity contribution in [2.45, 2.75) is 70.0 Å². The van der Waals surface area contributed by atoms with Gasteiger partial charge in [0.1, 0.15) is 6.04 Å². The van der Waals surface area contributed by atoms with Crippen molar-refractivity contribution < 1.29 is 9.59 Å². The maximum Gasteiger partial charge on any atom is 0.243 e. The highest BCUT2D eigenvalue weighted by Gasteiger charge is 2.32. The number of benzene rings is 4. The third kappa shape index (κ3) is 7.49. The van der Waals surface area contributed by atoms with Gasteiger partial charge in [-0.2, -0.15) is 0 Å². The fraction of sp³-hybridized carbons (Fsp3) is 0.314. The highest BCUT2D eigenvalue weighted by molar-refractivity contribution is 6.36. The van der Waals surface area contributed by atoms with Crippen LogP contribution in [0.3, 0.4) is 0 Å². The molecule has 4 aromatic rings. The normalized spacial score (nSPS) is 14.5. The topological polar surface area (TPSA) is 49.4 Å². The summed E-state index contributed by atoms with van der Waals surface area (Å²) in [5.74, 6) is -0.226. The molecule has 212 valence electrons. The van der Waals surface area contributed by atoms with Crippen molar-refractivity contribution in [3.05, 3.63) is 118 Å². The summed E-state index contributed by atoms with van der Waals surface area (Å²) in [5.41, 5.74) is 2.75. The van der Waals surface area contributed by atoms with Gasteiger partial charge in [0.25, 0.3) is 0 Å². The van der Waals surface area contributed by atoms with Gasteiger partial charge in [0.2, 0.25) is 11.8 Å². The molecular formula is C35H36Cl2N2O2. The predicted molar refractivity (Wildman–Crippen MR) is 168 cm³/mol. The zero-order valence-electron chi connectivity index (χ0n) is 23.2. The second-order valence-corrected chi connectivity index (χ2v) is 11.7. The summed E-state index contributed by atoms with van der Waals surface area (Å²) in [7, 11) is 0. The molecule has 0 aromatic heterocycles. The molecule has 0 heterocycles. The Morgan fingerprint density at radius 3 is 2.22 bits per heavy atom. The zero-order chi connectivity index (χ0) is 28.6. The van der Waals surface area contributed by atoms with Crippen LogP contribution in [0.25, 0.3) is 10.8 Å². The number of hydrogen-bond acceptors (Lipinski definition) is 2. The number of amides is 2. The van der Waals surface area contributed by atoms with E-state index in [0.29, 0.717) is 28.5 Å². The van der Waals surface area contributed by atoms with Crippen LogP contribution < -0.4 is 5.32 Å². The Hall–Kier alpha value is -3.34. The van der Waals surface area contributed by atoms with Crippen LogP contribution in [0, 0.1) is 0 Å².